The molecule has 0 spiro atoms. The van der Waals surface area contributed by atoms with Gasteiger partial charge in [0.2, 0.25) is 0 Å². The topological polar surface area (TPSA) is 38.3 Å². The molecular weight excluding hydrogens is 486 g/mol. The molecule has 194 valence electrons. The lowest BCUT2D eigenvalue weighted by atomic mass is 9.47. The fourth-order valence-electron chi connectivity index (χ4n) is 9.09. The Balaban J connectivity index is 1.41. The molecule has 0 radical (unpaired) electrons. The summed E-state index contributed by atoms with van der Waals surface area (Å²) in [4.78, 5) is 12.1. The Morgan fingerprint density at radius 3 is 2.65 bits per heavy atom. The van der Waals surface area contributed by atoms with Crippen molar-refractivity contribution in [3.63, 3.8) is 0 Å². The lowest BCUT2D eigenvalue weighted by Crippen LogP contribution is -2.51. The maximum absolute atomic E-state index is 12.1. The predicted molar refractivity (Wildman–Crippen MR) is 145 cm³/mol. The van der Waals surface area contributed by atoms with Gasteiger partial charge in [-0.25, -0.2) is 4.79 Å². The smallest absolute Gasteiger partial charge is 0.407 e. The summed E-state index contributed by atoms with van der Waals surface area (Å²) in [5, 5.41) is 3.60. The lowest BCUT2D eigenvalue weighted by Gasteiger charge is -2.58. The van der Waals surface area contributed by atoms with Gasteiger partial charge in [0.15, 0.2) is 0 Å². The summed E-state index contributed by atoms with van der Waals surface area (Å²) in [6, 6.07) is 0. The van der Waals surface area contributed by atoms with Crippen LogP contribution in [0, 0.1) is 46.3 Å². The van der Waals surface area contributed by atoms with Crippen LogP contribution in [0.2, 0.25) is 0 Å². The highest BCUT2D eigenvalue weighted by Crippen LogP contribution is 2.67. The van der Waals surface area contributed by atoms with Gasteiger partial charge >= 0.3 is 6.09 Å². The van der Waals surface area contributed by atoms with Crippen LogP contribution in [0.3, 0.4) is 0 Å². The minimum absolute atomic E-state index is 0.0441. The van der Waals surface area contributed by atoms with E-state index in [-0.39, 0.29) is 12.2 Å². The summed E-state index contributed by atoms with van der Waals surface area (Å²) in [5.41, 5.74) is 2.46. The number of fused-ring (bicyclic) bond motifs is 5. The summed E-state index contributed by atoms with van der Waals surface area (Å²) in [6.45, 7) is 13.2. The SMILES string of the molecule is CC(C)CCC[C@@H](C)[C@H]1CC[C@H]2[C@@H]3CC=C4C[C@@H](OC(=O)NCCBr)CC[C@]4(C)[C@H]3CC[C@]12C. The number of ether oxygens (including phenoxy) is 1. The van der Waals surface area contributed by atoms with E-state index in [1.54, 1.807) is 5.57 Å². The average Bonchev–Trinajstić information content (AvgIpc) is 3.15. The second-order valence-electron chi connectivity index (χ2n) is 13.2. The molecule has 1 amide bonds. The fourth-order valence-corrected chi connectivity index (χ4v) is 9.29. The molecule has 8 atom stereocenters. The molecule has 4 heteroatoms. The van der Waals surface area contributed by atoms with E-state index in [9.17, 15) is 4.79 Å². The van der Waals surface area contributed by atoms with E-state index in [4.69, 9.17) is 4.74 Å². The van der Waals surface area contributed by atoms with Crippen molar-refractivity contribution in [2.24, 2.45) is 46.3 Å². The van der Waals surface area contributed by atoms with E-state index < -0.39 is 0 Å². The zero-order chi connectivity index (χ0) is 24.5. The summed E-state index contributed by atoms with van der Waals surface area (Å²) in [6.07, 6.45) is 16.7. The van der Waals surface area contributed by atoms with Gasteiger partial charge in [-0.1, -0.05) is 81.5 Å². The van der Waals surface area contributed by atoms with Crippen molar-refractivity contribution in [2.45, 2.75) is 111 Å². The van der Waals surface area contributed by atoms with Gasteiger partial charge in [-0.3, -0.25) is 0 Å². The molecule has 34 heavy (non-hydrogen) atoms. The molecule has 4 aliphatic rings. The standard InChI is InChI=1S/C30H50BrNO2/c1-20(2)7-6-8-21(3)25-11-12-26-24-10-9-22-19-23(34-28(33)32-18-17-31)13-15-29(22,4)27(24)14-16-30(25,26)5/h9,20-21,23-27H,6-8,10-19H2,1-5H3,(H,32,33)/t21-,23+,24+,25-,26+,27+,29+,30-/m1/s1. The molecule has 0 saturated heterocycles. The molecule has 0 bridgehead atoms. The third-order valence-corrected chi connectivity index (χ3v) is 11.3. The van der Waals surface area contributed by atoms with E-state index in [1.807, 2.05) is 0 Å². The number of carbonyl (C=O) groups is 1. The molecule has 3 fully saturated rings. The Bertz CT molecular complexity index is 750. The molecule has 3 saturated carbocycles. The average molecular weight is 537 g/mol. The van der Waals surface area contributed by atoms with Crippen LogP contribution in [0.15, 0.2) is 11.6 Å². The molecule has 3 nitrogen and oxygen atoms in total. The number of hydrogen-bond donors (Lipinski definition) is 1. The number of hydrogen-bond acceptors (Lipinski definition) is 2. The van der Waals surface area contributed by atoms with Gasteiger partial charge in [0.25, 0.3) is 0 Å². The Hall–Kier alpha value is -0.510. The minimum atomic E-state index is -0.254. The molecule has 0 aromatic heterocycles. The molecule has 0 aromatic carbocycles. The third-order valence-electron chi connectivity index (χ3n) is 10.9. The van der Waals surface area contributed by atoms with E-state index in [1.165, 1.54) is 57.8 Å². The van der Waals surface area contributed by atoms with Crippen LogP contribution < -0.4 is 5.32 Å². The zero-order valence-electron chi connectivity index (χ0n) is 22.5. The highest BCUT2D eigenvalue weighted by Gasteiger charge is 2.59. The lowest BCUT2D eigenvalue weighted by molar-refractivity contribution is -0.0581. The zero-order valence-corrected chi connectivity index (χ0v) is 24.1. The number of alkyl halides is 1. The van der Waals surface area contributed by atoms with E-state index >= 15 is 0 Å². The van der Waals surface area contributed by atoms with Gasteiger partial charge in [0, 0.05) is 18.3 Å². The van der Waals surface area contributed by atoms with Crippen molar-refractivity contribution in [3.05, 3.63) is 11.6 Å². The largest absolute Gasteiger partial charge is 0.446 e. The van der Waals surface area contributed by atoms with Crippen LogP contribution in [0.5, 0.6) is 0 Å². The molecule has 4 rings (SSSR count). The second kappa shape index (κ2) is 10.9. The maximum Gasteiger partial charge on any atom is 0.407 e. The third kappa shape index (κ3) is 5.14. The van der Waals surface area contributed by atoms with Crippen LogP contribution >= 0.6 is 15.9 Å². The minimum Gasteiger partial charge on any atom is -0.446 e. The number of amides is 1. The van der Waals surface area contributed by atoms with Crippen molar-refractivity contribution >= 4 is 22.0 Å². The molecule has 4 aliphatic carbocycles. The van der Waals surface area contributed by atoms with E-state index in [0.29, 0.717) is 17.4 Å². The molecule has 0 heterocycles. The van der Waals surface area contributed by atoms with Crippen LogP contribution in [0.25, 0.3) is 0 Å². The Kier molecular flexibility index (Phi) is 8.47. The van der Waals surface area contributed by atoms with Crippen molar-refractivity contribution in [3.8, 4) is 0 Å². The number of carbonyl (C=O) groups excluding carboxylic acids is 1. The first-order chi connectivity index (χ1) is 16.2. The number of rotatable bonds is 8. The highest BCUT2D eigenvalue weighted by atomic mass is 79.9. The van der Waals surface area contributed by atoms with Gasteiger partial charge in [0.05, 0.1) is 0 Å². The first-order valence-electron chi connectivity index (χ1n) is 14.4. The van der Waals surface area contributed by atoms with Crippen LogP contribution in [-0.4, -0.2) is 24.1 Å². The summed E-state index contributed by atoms with van der Waals surface area (Å²) >= 11 is 3.36. The maximum atomic E-state index is 12.1. The van der Waals surface area contributed by atoms with Crippen molar-refractivity contribution in [2.75, 3.05) is 11.9 Å². The molecule has 0 aliphatic heterocycles. The first kappa shape index (κ1) is 26.6. The van der Waals surface area contributed by atoms with Crippen molar-refractivity contribution in [1.82, 2.24) is 5.32 Å². The normalized spacial score (nSPS) is 40.1. The highest BCUT2D eigenvalue weighted by molar-refractivity contribution is 9.09. The number of nitrogens with one attached hydrogen (secondary N) is 1. The second-order valence-corrected chi connectivity index (χ2v) is 14.0. The quantitative estimate of drug-likeness (QED) is 0.249. The van der Waals surface area contributed by atoms with Gasteiger partial charge in [-0.2, -0.15) is 0 Å². The first-order valence-corrected chi connectivity index (χ1v) is 15.5. The van der Waals surface area contributed by atoms with Crippen LogP contribution in [0.1, 0.15) is 105 Å². The van der Waals surface area contributed by atoms with Gasteiger partial charge in [-0.05, 0) is 91.3 Å². The summed E-state index contributed by atoms with van der Waals surface area (Å²) in [5.74, 6) is 5.22. The number of halogens is 1. The van der Waals surface area contributed by atoms with Gasteiger partial charge in [-0.15, -0.1) is 0 Å². The summed E-state index contributed by atoms with van der Waals surface area (Å²) < 4.78 is 5.78. The Morgan fingerprint density at radius 1 is 1.12 bits per heavy atom. The molecule has 0 aromatic rings. The monoisotopic (exact) mass is 535 g/mol. The van der Waals surface area contributed by atoms with Crippen molar-refractivity contribution < 1.29 is 9.53 Å². The molecular formula is C30H50BrNO2. The Labute approximate surface area is 217 Å². The molecule has 1 N–H and O–H groups in total. The molecule has 0 unspecified atom stereocenters. The van der Waals surface area contributed by atoms with Gasteiger partial charge < -0.3 is 10.1 Å². The number of allylic oxidation sites excluding steroid dienone is 1. The van der Waals surface area contributed by atoms with Crippen LogP contribution in [0.4, 0.5) is 4.79 Å². The fraction of sp³-hybridized carbons (Fsp3) is 0.900. The van der Waals surface area contributed by atoms with Crippen molar-refractivity contribution in [1.29, 1.82) is 0 Å². The number of alkyl carbamates (subject to hydrolysis) is 1. The van der Waals surface area contributed by atoms with Gasteiger partial charge in [0.1, 0.15) is 6.10 Å². The Morgan fingerprint density at radius 2 is 1.91 bits per heavy atom. The van der Waals surface area contributed by atoms with E-state index in [2.05, 4.69) is 61.9 Å². The van der Waals surface area contributed by atoms with E-state index in [0.717, 1.165) is 53.7 Å². The summed E-state index contributed by atoms with van der Waals surface area (Å²) in [7, 11) is 0. The van der Waals surface area contributed by atoms with Crippen LogP contribution in [-0.2, 0) is 4.74 Å². The predicted octanol–water partition coefficient (Wildman–Crippen LogP) is 8.52.